The highest BCUT2D eigenvalue weighted by Gasteiger charge is 2.39. The van der Waals surface area contributed by atoms with E-state index in [0.717, 1.165) is 43.9 Å². The van der Waals surface area contributed by atoms with Crippen LogP contribution < -0.4 is 10.6 Å². The number of hydrogen-bond donors (Lipinski definition) is 1. The Bertz CT molecular complexity index is 703. The van der Waals surface area contributed by atoms with Gasteiger partial charge in [0.15, 0.2) is 0 Å². The summed E-state index contributed by atoms with van der Waals surface area (Å²) >= 11 is 0. The SMILES string of the molecule is COC[C@@H]1CN(c2ccc3c(n2)CC[C@H](N)C3)C[C@H]1N(C)C(=O)OC(C)(C)C. The van der Waals surface area contributed by atoms with E-state index in [4.69, 9.17) is 20.2 Å². The van der Waals surface area contributed by atoms with Gasteiger partial charge in [0.05, 0.1) is 12.6 Å². The van der Waals surface area contributed by atoms with Gasteiger partial charge in [0, 0.05) is 44.9 Å². The summed E-state index contributed by atoms with van der Waals surface area (Å²) < 4.78 is 11.0. The molecule has 3 rings (SSSR count). The number of aromatic nitrogens is 1. The first-order chi connectivity index (χ1) is 13.2. The molecule has 1 aliphatic heterocycles. The summed E-state index contributed by atoms with van der Waals surface area (Å²) in [5.41, 5.74) is 7.99. The van der Waals surface area contributed by atoms with Crippen molar-refractivity contribution in [2.45, 2.75) is 57.7 Å². The van der Waals surface area contributed by atoms with Crippen molar-refractivity contribution in [3.8, 4) is 0 Å². The lowest BCUT2D eigenvalue weighted by molar-refractivity contribution is 0.0161. The van der Waals surface area contributed by atoms with Crippen LogP contribution in [0, 0.1) is 5.92 Å². The number of nitrogens with zero attached hydrogens (tertiary/aromatic N) is 3. The van der Waals surface area contributed by atoms with Crippen molar-refractivity contribution in [1.82, 2.24) is 9.88 Å². The number of fused-ring (bicyclic) bond motifs is 1. The molecule has 0 saturated carbocycles. The van der Waals surface area contributed by atoms with Crippen molar-refractivity contribution < 1.29 is 14.3 Å². The Balaban J connectivity index is 1.75. The smallest absolute Gasteiger partial charge is 0.410 e. The fraction of sp³-hybridized carbons (Fsp3) is 0.714. The predicted octanol–water partition coefficient (Wildman–Crippen LogP) is 2.22. The van der Waals surface area contributed by atoms with E-state index in [1.165, 1.54) is 5.56 Å². The van der Waals surface area contributed by atoms with Gasteiger partial charge < -0.3 is 25.0 Å². The predicted molar refractivity (Wildman–Crippen MR) is 110 cm³/mol. The van der Waals surface area contributed by atoms with E-state index >= 15 is 0 Å². The summed E-state index contributed by atoms with van der Waals surface area (Å²) in [5.74, 6) is 1.17. The van der Waals surface area contributed by atoms with E-state index in [1.807, 2.05) is 27.8 Å². The molecule has 156 valence electrons. The molecule has 2 heterocycles. The van der Waals surface area contributed by atoms with Gasteiger partial charge in [0.25, 0.3) is 0 Å². The second-order valence-electron chi connectivity index (χ2n) is 9.06. The van der Waals surface area contributed by atoms with Crippen LogP contribution in [0.5, 0.6) is 0 Å². The van der Waals surface area contributed by atoms with E-state index in [1.54, 1.807) is 12.0 Å². The normalized spacial score (nSPS) is 24.8. The third-order valence-corrected chi connectivity index (χ3v) is 5.58. The van der Waals surface area contributed by atoms with Gasteiger partial charge in [-0.15, -0.1) is 0 Å². The minimum Gasteiger partial charge on any atom is -0.444 e. The number of ether oxygens (including phenoxy) is 2. The molecular formula is C21H34N4O3. The van der Waals surface area contributed by atoms with Gasteiger partial charge in [-0.1, -0.05) is 6.07 Å². The first-order valence-electron chi connectivity index (χ1n) is 10.1. The Hall–Kier alpha value is -1.86. The van der Waals surface area contributed by atoms with Crippen LogP contribution in [-0.4, -0.2) is 67.5 Å². The Morgan fingerprint density at radius 3 is 2.79 bits per heavy atom. The molecule has 2 aliphatic rings. The van der Waals surface area contributed by atoms with E-state index < -0.39 is 5.60 Å². The molecule has 28 heavy (non-hydrogen) atoms. The summed E-state index contributed by atoms with van der Waals surface area (Å²) in [7, 11) is 3.51. The first-order valence-corrected chi connectivity index (χ1v) is 10.1. The number of pyridine rings is 1. The first kappa shape index (κ1) is 20.9. The number of aryl methyl sites for hydroxylation is 1. The highest BCUT2D eigenvalue weighted by molar-refractivity contribution is 5.68. The topological polar surface area (TPSA) is 80.9 Å². The van der Waals surface area contributed by atoms with Gasteiger partial charge in [-0.25, -0.2) is 9.78 Å². The van der Waals surface area contributed by atoms with Crippen LogP contribution in [-0.2, 0) is 22.3 Å². The molecule has 1 saturated heterocycles. The van der Waals surface area contributed by atoms with Gasteiger partial charge in [0.1, 0.15) is 11.4 Å². The summed E-state index contributed by atoms with van der Waals surface area (Å²) in [6.07, 6.45) is 2.52. The molecule has 1 aromatic heterocycles. The second-order valence-corrected chi connectivity index (χ2v) is 9.06. The van der Waals surface area contributed by atoms with Crippen LogP contribution in [0.2, 0.25) is 0 Å². The highest BCUT2D eigenvalue weighted by atomic mass is 16.6. The quantitative estimate of drug-likeness (QED) is 0.849. The molecule has 1 aliphatic carbocycles. The van der Waals surface area contributed by atoms with Crippen molar-refractivity contribution in [3.63, 3.8) is 0 Å². The van der Waals surface area contributed by atoms with Crippen molar-refractivity contribution in [3.05, 3.63) is 23.4 Å². The molecule has 7 nitrogen and oxygen atoms in total. The summed E-state index contributed by atoms with van der Waals surface area (Å²) in [6, 6.07) is 4.50. The molecular weight excluding hydrogens is 356 g/mol. The zero-order valence-corrected chi connectivity index (χ0v) is 17.8. The maximum Gasteiger partial charge on any atom is 0.410 e. The van der Waals surface area contributed by atoms with Crippen molar-refractivity contribution >= 4 is 11.9 Å². The summed E-state index contributed by atoms with van der Waals surface area (Å²) in [6.45, 7) is 7.76. The molecule has 0 bridgehead atoms. The number of carbonyl (C=O) groups is 1. The van der Waals surface area contributed by atoms with E-state index in [9.17, 15) is 4.79 Å². The molecule has 2 N–H and O–H groups in total. The van der Waals surface area contributed by atoms with Gasteiger partial charge in [0.2, 0.25) is 0 Å². The third-order valence-electron chi connectivity index (χ3n) is 5.58. The van der Waals surface area contributed by atoms with E-state index in [-0.39, 0.29) is 24.1 Å². The fourth-order valence-electron chi connectivity index (χ4n) is 4.13. The number of nitrogens with two attached hydrogens (primary N) is 1. The fourth-order valence-corrected chi connectivity index (χ4v) is 4.13. The number of anilines is 1. The van der Waals surface area contributed by atoms with Crippen LogP contribution >= 0.6 is 0 Å². The number of hydrogen-bond acceptors (Lipinski definition) is 6. The molecule has 3 atom stereocenters. The average Bonchev–Trinajstić information content (AvgIpc) is 3.03. The number of amides is 1. The number of likely N-dealkylation sites (N-methyl/N-ethyl adjacent to an activating group) is 1. The Morgan fingerprint density at radius 2 is 2.11 bits per heavy atom. The zero-order valence-electron chi connectivity index (χ0n) is 17.8. The number of rotatable bonds is 4. The monoisotopic (exact) mass is 390 g/mol. The Labute approximate surface area is 168 Å². The van der Waals surface area contributed by atoms with Crippen LogP contribution in [0.3, 0.4) is 0 Å². The molecule has 1 amide bonds. The van der Waals surface area contributed by atoms with Crippen molar-refractivity contribution in [2.75, 3.05) is 38.8 Å². The molecule has 0 unspecified atom stereocenters. The minimum absolute atomic E-state index is 0.0149. The average molecular weight is 391 g/mol. The minimum atomic E-state index is -0.513. The summed E-state index contributed by atoms with van der Waals surface area (Å²) in [4.78, 5) is 21.5. The second kappa shape index (κ2) is 8.25. The summed E-state index contributed by atoms with van der Waals surface area (Å²) in [5, 5.41) is 0. The van der Waals surface area contributed by atoms with Gasteiger partial charge in [-0.3, -0.25) is 0 Å². The van der Waals surface area contributed by atoms with Crippen molar-refractivity contribution in [2.24, 2.45) is 11.7 Å². The molecule has 7 heteroatoms. The van der Waals surface area contributed by atoms with Gasteiger partial charge >= 0.3 is 6.09 Å². The third kappa shape index (κ3) is 4.75. The van der Waals surface area contributed by atoms with Crippen LogP contribution in [0.1, 0.15) is 38.4 Å². The highest BCUT2D eigenvalue weighted by Crippen LogP contribution is 2.29. The Morgan fingerprint density at radius 1 is 1.36 bits per heavy atom. The van der Waals surface area contributed by atoms with E-state index in [0.29, 0.717) is 6.61 Å². The zero-order chi connectivity index (χ0) is 20.5. The lowest BCUT2D eigenvalue weighted by atomic mass is 9.92. The van der Waals surface area contributed by atoms with Crippen LogP contribution in [0.25, 0.3) is 0 Å². The Kier molecular flexibility index (Phi) is 6.15. The standard InChI is InChI=1S/C21H34N4O3/c1-21(2,3)28-20(26)24(4)18-12-25(11-15(18)13-27-5)19-9-6-14-10-16(22)7-8-17(14)23-19/h6,9,15-16,18H,7-8,10-13,22H2,1-5H3/t15-,16-,18+/m0/s1. The molecule has 0 radical (unpaired) electrons. The molecule has 0 aromatic carbocycles. The van der Waals surface area contributed by atoms with Crippen LogP contribution in [0.15, 0.2) is 12.1 Å². The lowest BCUT2D eigenvalue weighted by Crippen LogP contribution is -2.45. The maximum atomic E-state index is 12.6. The molecule has 1 aromatic rings. The number of carbonyl (C=O) groups excluding carboxylic acids is 1. The maximum absolute atomic E-state index is 12.6. The lowest BCUT2D eigenvalue weighted by Gasteiger charge is -2.31. The van der Waals surface area contributed by atoms with E-state index in [2.05, 4.69) is 17.0 Å². The van der Waals surface area contributed by atoms with Crippen molar-refractivity contribution in [1.29, 1.82) is 0 Å². The van der Waals surface area contributed by atoms with Gasteiger partial charge in [-0.2, -0.15) is 0 Å². The molecule has 1 fully saturated rings. The van der Waals surface area contributed by atoms with Crippen LogP contribution in [0.4, 0.5) is 10.6 Å². The number of methoxy groups -OCH3 is 1. The van der Waals surface area contributed by atoms with Gasteiger partial charge in [-0.05, 0) is 51.7 Å². The largest absolute Gasteiger partial charge is 0.444 e. The molecule has 0 spiro atoms.